The van der Waals surface area contributed by atoms with Crippen LogP contribution in [0.5, 0.6) is 5.75 Å². The van der Waals surface area contributed by atoms with Gasteiger partial charge in [0.05, 0.1) is 33.9 Å². The van der Waals surface area contributed by atoms with Crippen LogP contribution in [0.1, 0.15) is 22.6 Å². The molecular formula is C26H20N2O2S3. The van der Waals surface area contributed by atoms with Gasteiger partial charge >= 0.3 is 0 Å². The Balaban J connectivity index is 1.38. The summed E-state index contributed by atoms with van der Waals surface area (Å²) >= 11 is 8.85. The van der Waals surface area contributed by atoms with Gasteiger partial charge in [0.25, 0.3) is 0 Å². The summed E-state index contributed by atoms with van der Waals surface area (Å²) in [6.07, 6.45) is 1.86. The number of Topliss-reactive ketones (excluding diaryl/α,β-unsaturated/α-hetero) is 1. The van der Waals surface area contributed by atoms with Crippen molar-refractivity contribution in [3.05, 3.63) is 95.2 Å². The molecular weight excluding hydrogens is 468 g/mol. The van der Waals surface area contributed by atoms with Crippen LogP contribution in [0.4, 0.5) is 0 Å². The Labute approximate surface area is 205 Å². The first-order valence-corrected chi connectivity index (χ1v) is 12.6. The summed E-state index contributed by atoms with van der Waals surface area (Å²) < 4.78 is 7.78. The molecule has 0 aliphatic carbocycles. The molecule has 0 bridgehead atoms. The lowest BCUT2D eigenvalue weighted by molar-refractivity contribution is -0.115. The number of hydrogen-bond donors (Lipinski definition) is 1. The third-order valence-corrected chi connectivity index (χ3v) is 7.99. The zero-order chi connectivity index (χ0) is 22.8. The molecule has 0 radical (unpaired) electrons. The number of thioether (sulfide) groups is 1. The highest BCUT2D eigenvalue weighted by molar-refractivity contribution is 8.00. The zero-order valence-electron chi connectivity index (χ0n) is 17.8. The maximum absolute atomic E-state index is 13.1. The number of thiazole rings is 1. The first kappa shape index (κ1) is 21.8. The summed E-state index contributed by atoms with van der Waals surface area (Å²) in [5.74, 6) is 1.09. The van der Waals surface area contributed by atoms with Crippen LogP contribution >= 0.6 is 35.3 Å². The van der Waals surface area contributed by atoms with Gasteiger partial charge in [-0.2, -0.15) is 0 Å². The van der Waals surface area contributed by atoms with Gasteiger partial charge in [0.1, 0.15) is 5.75 Å². The molecule has 4 aromatic rings. The lowest BCUT2D eigenvalue weighted by Gasteiger charge is -2.09. The van der Waals surface area contributed by atoms with Crippen molar-refractivity contribution in [3.8, 4) is 5.75 Å². The Morgan fingerprint density at radius 3 is 2.70 bits per heavy atom. The molecule has 3 aromatic carbocycles. The van der Waals surface area contributed by atoms with E-state index in [2.05, 4.69) is 17.4 Å². The van der Waals surface area contributed by atoms with Crippen molar-refractivity contribution < 1.29 is 9.53 Å². The minimum atomic E-state index is -0.431. The molecule has 1 fully saturated rings. The minimum absolute atomic E-state index is 0.00702. The summed E-state index contributed by atoms with van der Waals surface area (Å²) in [6.45, 7) is 0. The summed E-state index contributed by atoms with van der Waals surface area (Å²) in [4.78, 5) is 18.3. The van der Waals surface area contributed by atoms with E-state index in [1.54, 1.807) is 30.2 Å². The molecule has 33 heavy (non-hydrogen) atoms. The van der Waals surface area contributed by atoms with Crippen molar-refractivity contribution in [3.63, 3.8) is 0 Å². The molecule has 7 heteroatoms. The Hall–Kier alpha value is -3.00. The number of nitrogens with zero attached hydrogens (tertiary/aromatic N) is 1. The molecule has 4 nitrogen and oxygen atoms in total. The van der Waals surface area contributed by atoms with Crippen LogP contribution in [-0.4, -0.2) is 22.9 Å². The number of fused-ring (bicyclic) bond motifs is 1. The lowest BCUT2D eigenvalue weighted by atomic mass is 9.96. The van der Waals surface area contributed by atoms with Crippen LogP contribution in [0.2, 0.25) is 0 Å². The van der Waals surface area contributed by atoms with Gasteiger partial charge in [-0.3, -0.25) is 4.79 Å². The number of benzene rings is 3. The van der Waals surface area contributed by atoms with Crippen LogP contribution in [0, 0.1) is 0 Å². The Morgan fingerprint density at radius 2 is 1.91 bits per heavy atom. The van der Waals surface area contributed by atoms with E-state index >= 15 is 0 Å². The molecule has 5 rings (SSSR count). The number of nitrogens with one attached hydrogen (secondary N) is 1. The second-order valence-corrected chi connectivity index (χ2v) is 10.3. The predicted octanol–water partition coefficient (Wildman–Crippen LogP) is 6.22. The molecule has 1 N–H and O–H groups in total. The van der Waals surface area contributed by atoms with Crippen molar-refractivity contribution in [1.82, 2.24) is 10.3 Å². The zero-order valence-corrected chi connectivity index (χ0v) is 20.2. The molecule has 0 spiro atoms. The van der Waals surface area contributed by atoms with Gasteiger partial charge in [0, 0.05) is 11.3 Å². The van der Waals surface area contributed by atoms with Crippen LogP contribution in [0.25, 0.3) is 16.3 Å². The van der Waals surface area contributed by atoms with Gasteiger partial charge in [-0.25, -0.2) is 4.98 Å². The number of ether oxygens (including phenoxy) is 1. The van der Waals surface area contributed by atoms with Crippen molar-refractivity contribution in [2.45, 2.75) is 16.0 Å². The molecule has 1 aliphatic heterocycles. The summed E-state index contributed by atoms with van der Waals surface area (Å²) in [5.41, 5.74) is 4.41. The number of methoxy groups -OCH3 is 1. The molecule has 164 valence electrons. The SMILES string of the molecule is COc1ccc(C=C2NC(=S)C(c3ccccc3)C2=O)cc1CSc1nc2ccccc2s1. The average molecular weight is 489 g/mol. The quantitative estimate of drug-likeness (QED) is 0.197. The second kappa shape index (κ2) is 9.47. The Bertz CT molecular complexity index is 1350. The number of aromatic nitrogens is 1. The standard InChI is InChI=1S/C26H20N2O2S3/c1-30-21-12-11-16(13-18(21)15-32-26-28-19-9-5-6-10-22(19)33-26)14-20-24(29)23(25(31)27-20)17-7-3-2-4-8-17/h2-14,23H,15H2,1H3,(H,27,31). The van der Waals surface area contributed by atoms with Crippen LogP contribution < -0.4 is 10.1 Å². The van der Waals surface area contributed by atoms with Crippen molar-refractivity contribution in [2.75, 3.05) is 7.11 Å². The number of hydrogen-bond acceptors (Lipinski definition) is 6. The van der Waals surface area contributed by atoms with E-state index in [0.29, 0.717) is 16.4 Å². The van der Waals surface area contributed by atoms with Gasteiger partial charge in [-0.15, -0.1) is 11.3 Å². The van der Waals surface area contributed by atoms with E-state index in [4.69, 9.17) is 21.9 Å². The lowest BCUT2D eigenvalue weighted by Crippen LogP contribution is -2.15. The number of allylic oxidation sites excluding steroid dienone is 1. The van der Waals surface area contributed by atoms with Gasteiger partial charge in [0.15, 0.2) is 10.1 Å². The second-order valence-electron chi connectivity index (χ2n) is 7.56. The first-order valence-electron chi connectivity index (χ1n) is 10.4. The van der Waals surface area contributed by atoms with Crippen LogP contribution in [0.15, 0.2) is 82.8 Å². The van der Waals surface area contributed by atoms with Crippen molar-refractivity contribution >= 4 is 62.4 Å². The molecule has 2 heterocycles. The number of carbonyl (C=O) groups is 1. The molecule has 1 atom stereocenters. The van der Waals surface area contributed by atoms with E-state index in [1.165, 1.54) is 4.70 Å². The predicted molar refractivity (Wildman–Crippen MR) is 140 cm³/mol. The maximum atomic E-state index is 13.1. The van der Waals surface area contributed by atoms with Gasteiger partial charge in [-0.05, 0) is 41.5 Å². The van der Waals surface area contributed by atoms with E-state index < -0.39 is 5.92 Å². The van der Waals surface area contributed by atoms with Gasteiger partial charge in [0.2, 0.25) is 0 Å². The monoisotopic (exact) mass is 488 g/mol. The molecule has 1 saturated heterocycles. The highest BCUT2D eigenvalue weighted by atomic mass is 32.2. The summed E-state index contributed by atoms with van der Waals surface area (Å²) in [7, 11) is 1.67. The van der Waals surface area contributed by atoms with Gasteiger partial charge < -0.3 is 10.1 Å². The maximum Gasteiger partial charge on any atom is 0.193 e. The molecule has 1 unspecified atom stereocenters. The highest BCUT2D eigenvalue weighted by Gasteiger charge is 2.35. The van der Waals surface area contributed by atoms with E-state index in [-0.39, 0.29) is 5.78 Å². The fraction of sp³-hybridized carbons (Fsp3) is 0.115. The molecule has 0 saturated carbocycles. The van der Waals surface area contributed by atoms with Crippen LogP contribution in [0.3, 0.4) is 0 Å². The average Bonchev–Trinajstić information content (AvgIpc) is 3.38. The third kappa shape index (κ3) is 4.57. The van der Waals surface area contributed by atoms with Crippen LogP contribution in [-0.2, 0) is 10.5 Å². The molecule has 0 amide bonds. The van der Waals surface area contributed by atoms with E-state index in [9.17, 15) is 4.79 Å². The normalized spacial score (nSPS) is 17.0. The fourth-order valence-electron chi connectivity index (χ4n) is 3.82. The summed E-state index contributed by atoms with van der Waals surface area (Å²) in [5, 5.41) is 3.12. The largest absolute Gasteiger partial charge is 0.496 e. The van der Waals surface area contributed by atoms with E-state index in [1.807, 2.05) is 66.7 Å². The fourth-order valence-corrected chi connectivity index (χ4v) is 6.22. The van der Waals surface area contributed by atoms with Crippen molar-refractivity contribution in [1.29, 1.82) is 0 Å². The third-order valence-electron chi connectivity index (χ3n) is 5.42. The minimum Gasteiger partial charge on any atom is -0.496 e. The number of carbonyl (C=O) groups excluding carboxylic acids is 1. The number of para-hydroxylation sites is 1. The smallest absolute Gasteiger partial charge is 0.193 e. The van der Waals surface area contributed by atoms with Crippen molar-refractivity contribution in [2.24, 2.45) is 0 Å². The molecule has 1 aliphatic rings. The number of ketones is 1. The summed E-state index contributed by atoms with van der Waals surface area (Å²) in [6, 6.07) is 23.7. The van der Waals surface area contributed by atoms with Gasteiger partial charge in [-0.1, -0.05) is 72.5 Å². The Morgan fingerprint density at radius 1 is 1.12 bits per heavy atom. The number of thiocarbonyl (C=S) groups is 1. The molecule has 1 aromatic heterocycles. The topological polar surface area (TPSA) is 51.2 Å². The number of rotatable bonds is 6. The highest BCUT2D eigenvalue weighted by Crippen LogP contribution is 2.34. The Kier molecular flexibility index (Phi) is 6.26. The first-order chi connectivity index (χ1) is 16.1. The van der Waals surface area contributed by atoms with E-state index in [0.717, 1.165) is 32.3 Å².